The van der Waals surface area contributed by atoms with Crippen molar-refractivity contribution in [1.82, 2.24) is 0 Å². The molecule has 0 radical (unpaired) electrons. The monoisotopic (exact) mass is 1040 g/mol. The van der Waals surface area contributed by atoms with Crippen molar-refractivity contribution in [3.63, 3.8) is 0 Å². The van der Waals surface area contributed by atoms with E-state index in [4.69, 9.17) is 33.2 Å². The predicted molar refractivity (Wildman–Crippen MR) is 313 cm³/mol. The molecular formula is C68H93NO7. The van der Waals surface area contributed by atoms with Crippen molar-refractivity contribution in [2.24, 2.45) is 52.3 Å². The summed E-state index contributed by atoms with van der Waals surface area (Å²) >= 11 is 0. The predicted octanol–water partition coefficient (Wildman–Crippen LogP) is 17.4. The average Bonchev–Trinajstić information content (AvgIpc) is 4.30. The van der Waals surface area contributed by atoms with Crippen LogP contribution in [0.5, 0.6) is 34.5 Å². The van der Waals surface area contributed by atoms with Crippen molar-refractivity contribution < 1.29 is 33.2 Å². The van der Waals surface area contributed by atoms with E-state index in [0.29, 0.717) is 59.2 Å². The number of para-hydroxylation sites is 2. The lowest BCUT2D eigenvalue weighted by molar-refractivity contribution is 0.151. The Bertz CT molecular complexity index is 2440. The molecule has 4 aromatic rings. The van der Waals surface area contributed by atoms with Crippen molar-refractivity contribution in [3.05, 3.63) is 142 Å². The number of hydrogen-bond acceptors (Lipinski definition) is 8. The van der Waals surface area contributed by atoms with Gasteiger partial charge in [-0.1, -0.05) is 137 Å². The highest BCUT2D eigenvalue weighted by Crippen LogP contribution is 2.44. The Hall–Kier alpha value is -5.63. The molecule has 6 atom stereocenters. The van der Waals surface area contributed by atoms with Gasteiger partial charge in [-0.3, -0.25) is 4.99 Å². The Morgan fingerprint density at radius 2 is 0.895 bits per heavy atom. The minimum Gasteiger partial charge on any atom is -0.497 e. The summed E-state index contributed by atoms with van der Waals surface area (Å²) in [5, 5.41) is 0. The fraction of sp³-hybridized carbons (Fsp3) is 0.544. The van der Waals surface area contributed by atoms with E-state index in [1.165, 1.54) is 53.6 Å². The molecule has 0 aromatic heterocycles. The Morgan fingerprint density at radius 3 is 1.34 bits per heavy atom. The fourth-order valence-corrected chi connectivity index (χ4v) is 11.8. The highest BCUT2D eigenvalue weighted by atomic mass is 16.5. The molecule has 8 nitrogen and oxygen atoms in total. The van der Waals surface area contributed by atoms with Crippen LogP contribution >= 0.6 is 0 Å². The molecule has 12 rings (SSSR count). The van der Waals surface area contributed by atoms with E-state index >= 15 is 0 Å². The number of aliphatic imine (C=N–C) groups is 1. The largest absolute Gasteiger partial charge is 0.497 e. The van der Waals surface area contributed by atoms with Crippen LogP contribution in [0.4, 0.5) is 0 Å². The van der Waals surface area contributed by atoms with Crippen LogP contribution in [0.1, 0.15) is 168 Å². The number of allylic oxidation sites excluding steroid dienone is 6. The molecule has 6 heterocycles. The molecule has 0 saturated heterocycles. The molecule has 0 N–H and O–H groups in total. The van der Waals surface area contributed by atoms with E-state index in [2.05, 4.69) is 149 Å². The number of benzene rings is 4. The molecule has 2 aliphatic carbocycles. The molecule has 0 fully saturated rings. The van der Waals surface area contributed by atoms with Crippen molar-refractivity contribution in [2.45, 2.75) is 145 Å². The topological polar surface area (TPSA) is 77.0 Å². The van der Waals surface area contributed by atoms with Gasteiger partial charge in [-0.25, -0.2) is 0 Å². The zero-order valence-corrected chi connectivity index (χ0v) is 48.8. The van der Waals surface area contributed by atoms with Gasteiger partial charge >= 0.3 is 0 Å². The molecule has 8 aliphatic rings. The van der Waals surface area contributed by atoms with Crippen LogP contribution in [0.3, 0.4) is 0 Å². The zero-order chi connectivity index (χ0) is 54.5. The quantitative estimate of drug-likeness (QED) is 0.174. The third-order valence-electron chi connectivity index (χ3n) is 16.7. The molecule has 76 heavy (non-hydrogen) atoms. The first-order valence-corrected chi connectivity index (χ1v) is 28.9. The van der Waals surface area contributed by atoms with Crippen LogP contribution in [-0.4, -0.2) is 53.5 Å². The first-order valence-electron chi connectivity index (χ1n) is 28.9. The van der Waals surface area contributed by atoms with Crippen molar-refractivity contribution in [1.29, 1.82) is 0 Å². The minimum atomic E-state index is 0.514. The van der Waals surface area contributed by atoms with Gasteiger partial charge in [0.2, 0.25) is 0 Å². The van der Waals surface area contributed by atoms with Gasteiger partial charge in [0.05, 0.1) is 53.0 Å². The second kappa shape index (κ2) is 27.6. The lowest BCUT2D eigenvalue weighted by Crippen LogP contribution is -2.19. The van der Waals surface area contributed by atoms with Gasteiger partial charge in [-0.05, 0) is 128 Å². The number of hydrogen-bond donors (Lipinski definition) is 0. The van der Waals surface area contributed by atoms with E-state index in [-0.39, 0.29) is 0 Å². The highest BCUT2D eigenvalue weighted by Gasteiger charge is 2.31. The maximum atomic E-state index is 5.62. The van der Waals surface area contributed by atoms with Gasteiger partial charge < -0.3 is 33.2 Å². The SMILES string of the molecule is CC(C)[C@@H]1CCCC2=C1C=CC2.CC(C)[C@@H]1COc2ccccc21.CC(C)[C@H]1CCOC2=C1N=CC2.CC(C)[C@H]1COc2ccccc21.COc1ccc2c(c1)[C@@H](C(C)C)CO2.COc1ccc2c(c1)[C@H](C(C)C)CO2. The van der Waals surface area contributed by atoms with Crippen LogP contribution in [0, 0.1) is 47.3 Å². The lowest BCUT2D eigenvalue weighted by atomic mass is 9.78. The Morgan fingerprint density at radius 1 is 0.461 bits per heavy atom. The van der Waals surface area contributed by atoms with Crippen LogP contribution < -0.4 is 28.4 Å². The number of nitrogens with zero attached hydrogens (tertiary/aromatic N) is 1. The molecule has 6 aliphatic heterocycles. The third-order valence-corrected chi connectivity index (χ3v) is 16.7. The van der Waals surface area contributed by atoms with E-state index in [1.54, 1.807) is 25.4 Å². The summed E-state index contributed by atoms with van der Waals surface area (Å²) in [6.45, 7) is 31.3. The van der Waals surface area contributed by atoms with Crippen molar-refractivity contribution in [2.75, 3.05) is 47.3 Å². The molecular weight excluding hydrogens is 943 g/mol. The summed E-state index contributed by atoms with van der Waals surface area (Å²) in [5.74, 6) is 15.0. The first-order chi connectivity index (χ1) is 36.6. The van der Waals surface area contributed by atoms with E-state index in [1.807, 2.05) is 42.6 Å². The maximum Gasteiger partial charge on any atom is 0.123 e. The van der Waals surface area contributed by atoms with Crippen LogP contribution in [-0.2, 0) is 4.74 Å². The summed E-state index contributed by atoms with van der Waals surface area (Å²) in [6, 6.07) is 28.8. The summed E-state index contributed by atoms with van der Waals surface area (Å²) < 4.78 is 38.3. The minimum absolute atomic E-state index is 0.514. The van der Waals surface area contributed by atoms with E-state index in [9.17, 15) is 0 Å². The van der Waals surface area contributed by atoms with Crippen LogP contribution in [0.2, 0.25) is 0 Å². The molecule has 0 bridgehead atoms. The Labute approximate surface area is 458 Å². The number of methoxy groups -OCH3 is 2. The van der Waals surface area contributed by atoms with Crippen molar-refractivity contribution in [3.8, 4) is 34.5 Å². The average molecular weight is 1040 g/mol. The Kier molecular flexibility index (Phi) is 21.1. The number of rotatable bonds is 8. The van der Waals surface area contributed by atoms with Gasteiger partial charge in [0.1, 0.15) is 40.3 Å². The summed E-state index contributed by atoms with van der Waals surface area (Å²) in [5.41, 5.74) is 9.99. The summed E-state index contributed by atoms with van der Waals surface area (Å²) in [4.78, 5) is 4.39. The molecule has 0 saturated carbocycles. The standard InChI is InChI=1S/2C12H16O2.C12H18.2C11H14O.C10H15NO/c2*1-8(2)11-7-14-12-5-4-9(13-3)6-10(11)12;1-9(2)11-7-3-5-10-6-4-8-12(10)11;2*1-8(2)10-7-12-11-6-4-3-5-9(10)11;1-7(2)8-4-6-12-9-3-5-11-10(8)9/h2*4-6,8,11H,7H2,1-3H3;4,8-9,11H,3,5-7H2,1-2H3;2*3-6,8,10H,7H2,1-2H3;5,7-8H,3-4,6H2,1-2H3/t3*11-;2*10-;8-/m100101/s1. The van der Waals surface area contributed by atoms with Gasteiger partial charge in [-0.15, -0.1) is 0 Å². The highest BCUT2D eigenvalue weighted by molar-refractivity contribution is 5.66. The second-order valence-electron chi connectivity index (χ2n) is 23.7. The van der Waals surface area contributed by atoms with Gasteiger partial charge in [-0.2, -0.15) is 0 Å². The maximum absolute atomic E-state index is 5.62. The number of ether oxygens (including phenoxy) is 7. The first kappa shape index (κ1) is 58.1. The second-order valence-corrected chi connectivity index (χ2v) is 23.7. The molecule has 0 amide bonds. The number of fused-ring (bicyclic) bond motifs is 4. The summed E-state index contributed by atoms with van der Waals surface area (Å²) in [6.07, 6.45) is 14.2. The molecule has 8 heteroatoms. The smallest absolute Gasteiger partial charge is 0.123 e. The van der Waals surface area contributed by atoms with Gasteiger partial charge in [0, 0.05) is 64.5 Å². The summed E-state index contributed by atoms with van der Waals surface area (Å²) in [7, 11) is 3.39. The molecule has 412 valence electrons. The molecule has 0 spiro atoms. The Balaban J connectivity index is 0.000000133. The molecule has 0 unspecified atom stereocenters. The van der Waals surface area contributed by atoms with E-state index in [0.717, 1.165) is 98.0 Å². The lowest BCUT2D eigenvalue weighted by Gasteiger charge is -2.27. The molecule has 4 aromatic carbocycles. The van der Waals surface area contributed by atoms with Gasteiger partial charge in [0.15, 0.2) is 0 Å². The van der Waals surface area contributed by atoms with Crippen molar-refractivity contribution >= 4 is 6.21 Å². The normalized spacial score (nSPS) is 22.5. The van der Waals surface area contributed by atoms with Crippen LogP contribution in [0.25, 0.3) is 0 Å². The fourth-order valence-electron chi connectivity index (χ4n) is 11.8. The van der Waals surface area contributed by atoms with E-state index < -0.39 is 0 Å². The third kappa shape index (κ3) is 14.5. The van der Waals surface area contributed by atoms with Crippen LogP contribution in [0.15, 0.2) is 125 Å². The zero-order valence-electron chi connectivity index (χ0n) is 48.8. The van der Waals surface area contributed by atoms with Gasteiger partial charge in [0.25, 0.3) is 0 Å².